The molecule has 0 fully saturated rings. The van der Waals surface area contributed by atoms with Gasteiger partial charge in [-0.3, -0.25) is 14.5 Å². The molecule has 0 saturated carbocycles. The molecule has 0 radical (unpaired) electrons. The number of carbonyl (C=O) groups excluding carboxylic acids is 2. The Morgan fingerprint density at radius 3 is 1.55 bits per heavy atom. The van der Waals surface area contributed by atoms with Gasteiger partial charge in [0.15, 0.2) is 0 Å². The minimum atomic E-state index is -0.238. The van der Waals surface area contributed by atoms with Crippen molar-refractivity contribution in [3.63, 3.8) is 0 Å². The average molecular weight is 594 g/mol. The van der Waals surface area contributed by atoms with Crippen LogP contribution < -0.4 is 20.1 Å². The van der Waals surface area contributed by atoms with E-state index >= 15 is 0 Å². The number of amides is 2. The van der Waals surface area contributed by atoms with Gasteiger partial charge in [0.2, 0.25) is 0 Å². The first-order chi connectivity index (χ1) is 21.7. The molecule has 9 heteroatoms. The summed E-state index contributed by atoms with van der Waals surface area (Å²) in [5.74, 6) is 1.89. The zero-order valence-corrected chi connectivity index (χ0v) is 24.3. The summed E-state index contributed by atoms with van der Waals surface area (Å²) in [6.07, 6.45) is 3.15. The molecule has 44 heavy (non-hydrogen) atoms. The second-order valence-corrected chi connectivity index (χ2v) is 9.98. The molecule has 2 heterocycles. The maximum absolute atomic E-state index is 12.9. The third-order valence-electron chi connectivity index (χ3n) is 6.85. The lowest BCUT2D eigenvalue weighted by Crippen LogP contribution is -2.32. The van der Waals surface area contributed by atoms with Crippen molar-refractivity contribution in [2.24, 2.45) is 0 Å². The van der Waals surface area contributed by atoms with Crippen LogP contribution in [0.3, 0.4) is 0 Å². The van der Waals surface area contributed by atoms with E-state index in [0.29, 0.717) is 80.1 Å². The number of rotatable bonds is 16. The summed E-state index contributed by atoms with van der Waals surface area (Å²) >= 11 is 0. The summed E-state index contributed by atoms with van der Waals surface area (Å²) in [4.78, 5) is 27.9. The number of furan rings is 2. The Morgan fingerprint density at radius 2 is 1.07 bits per heavy atom. The van der Waals surface area contributed by atoms with Crippen molar-refractivity contribution in [2.75, 3.05) is 26.3 Å². The lowest BCUT2D eigenvalue weighted by Gasteiger charge is -2.23. The van der Waals surface area contributed by atoms with Crippen LogP contribution in [-0.4, -0.2) is 43.0 Å². The van der Waals surface area contributed by atoms with Crippen LogP contribution in [0.15, 0.2) is 124 Å². The van der Waals surface area contributed by atoms with Crippen molar-refractivity contribution in [3.8, 4) is 11.5 Å². The van der Waals surface area contributed by atoms with Gasteiger partial charge in [0.05, 0.1) is 36.7 Å². The standard InChI is InChI=1S/C35H35N3O6/c39-34(36-24-28-12-8-20-41-28)30-14-4-6-16-32(30)43-22-18-38(26-27-10-2-1-3-11-27)19-23-44-33-17-7-5-15-31(33)35(40)37-25-29-13-9-21-42-29/h1-17,20-21H,18-19,22-26H2,(H,36,39)(H,37,40). The molecule has 226 valence electrons. The van der Waals surface area contributed by atoms with Gasteiger partial charge in [0.1, 0.15) is 36.2 Å². The predicted molar refractivity (Wildman–Crippen MR) is 165 cm³/mol. The van der Waals surface area contributed by atoms with Crippen molar-refractivity contribution in [1.29, 1.82) is 0 Å². The van der Waals surface area contributed by atoms with Gasteiger partial charge in [-0.15, -0.1) is 0 Å². The van der Waals surface area contributed by atoms with Gasteiger partial charge in [0, 0.05) is 19.6 Å². The van der Waals surface area contributed by atoms with E-state index in [1.54, 1.807) is 48.9 Å². The van der Waals surface area contributed by atoms with E-state index in [2.05, 4.69) is 27.7 Å². The van der Waals surface area contributed by atoms with E-state index in [4.69, 9.17) is 18.3 Å². The van der Waals surface area contributed by atoms with E-state index in [9.17, 15) is 9.59 Å². The summed E-state index contributed by atoms with van der Waals surface area (Å²) in [5, 5.41) is 5.74. The summed E-state index contributed by atoms with van der Waals surface area (Å²) in [5.41, 5.74) is 2.07. The Kier molecular flexibility index (Phi) is 10.8. The van der Waals surface area contributed by atoms with Gasteiger partial charge in [-0.25, -0.2) is 0 Å². The molecule has 9 nitrogen and oxygen atoms in total. The fraction of sp³-hybridized carbons (Fsp3) is 0.200. The molecule has 2 amide bonds. The second-order valence-electron chi connectivity index (χ2n) is 9.98. The molecule has 3 aromatic carbocycles. The first-order valence-electron chi connectivity index (χ1n) is 14.5. The highest BCUT2D eigenvalue weighted by Crippen LogP contribution is 2.20. The molecule has 0 aliphatic heterocycles. The van der Waals surface area contributed by atoms with Gasteiger partial charge in [0.25, 0.3) is 11.8 Å². The Labute approximate surface area is 256 Å². The lowest BCUT2D eigenvalue weighted by molar-refractivity contribution is 0.0936. The van der Waals surface area contributed by atoms with Crippen molar-refractivity contribution in [1.82, 2.24) is 15.5 Å². The molecule has 0 spiro atoms. The first-order valence-corrected chi connectivity index (χ1v) is 14.5. The molecule has 2 aromatic heterocycles. The van der Waals surface area contributed by atoms with E-state index in [0.717, 1.165) is 5.56 Å². The Bertz CT molecular complexity index is 1490. The monoisotopic (exact) mass is 593 g/mol. The normalized spacial score (nSPS) is 10.8. The highest BCUT2D eigenvalue weighted by Gasteiger charge is 2.15. The Morgan fingerprint density at radius 1 is 0.591 bits per heavy atom. The fourth-order valence-electron chi connectivity index (χ4n) is 4.59. The number of ether oxygens (including phenoxy) is 2. The molecule has 0 bridgehead atoms. The largest absolute Gasteiger partial charge is 0.491 e. The van der Waals surface area contributed by atoms with Crippen LogP contribution in [0, 0.1) is 0 Å². The topological polar surface area (TPSA) is 106 Å². The van der Waals surface area contributed by atoms with Gasteiger partial charge in [-0.05, 0) is 54.1 Å². The number of benzene rings is 3. The van der Waals surface area contributed by atoms with Crippen molar-refractivity contribution in [3.05, 3.63) is 144 Å². The summed E-state index contributed by atoms with van der Waals surface area (Å²) in [6.45, 7) is 3.17. The van der Waals surface area contributed by atoms with Crippen LogP contribution in [0.2, 0.25) is 0 Å². The van der Waals surface area contributed by atoms with Crippen LogP contribution in [0.5, 0.6) is 11.5 Å². The zero-order chi connectivity index (χ0) is 30.4. The number of hydrogen-bond donors (Lipinski definition) is 2. The number of carbonyl (C=O) groups is 2. The molecule has 0 atom stereocenters. The summed E-state index contributed by atoms with van der Waals surface area (Å²) in [7, 11) is 0. The molecule has 0 aliphatic carbocycles. The predicted octanol–water partition coefficient (Wildman–Crippen LogP) is 5.69. The Hall–Kier alpha value is -5.28. The third-order valence-corrected chi connectivity index (χ3v) is 6.85. The number of para-hydroxylation sites is 2. The smallest absolute Gasteiger partial charge is 0.255 e. The number of hydrogen-bond acceptors (Lipinski definition) is 7. The maximum atomic E-state index is 12.9. The quantitative estimate of drug-likeness (QED) is 0.151. The van der Waals surface area contributed by atoms with Crippen LogP contribution in [0.1, 0.15) is 37.8 Å². The Balaban J connectivity index is 1.17. The fourth-order valence-corrected chi connectivity index (χ4v) is 4.59. The summed E-state index contributed by atoms with van der Waals surface area (Å²) in [6, 6.07) is 31.7. The highest BCUT2D eigenvalue weighted by atomic mass is 16.5. The third kappa shape index (κ3) is 8.86. The second kappa shape index (κ2) is 15.8. The molecular formula is C35H35N3O6. The van der Waals surface area contributed by atoms with Crippen molar-refractivity contribution >= 4 is 11.8 Å². The zero-order valence-electron chi connectivity index (χ0n) is 24.3. The minimum Gasteiger partial charge on any atom is -0.491 e. The van der Waals surface area contributed by atoms with Crippen molar-refractivity contribution in [2.45, 2.75) is 19.6 Å². The van der Waals surface area contributed by atoms with Gasteiger partial charge < -0.3 is 28.9 Å². The molecule has 0 saturated heterocycles. The SMILES string of the molecule is O=C(NCc1ccco1)c1ccccc1OCCN(CCOc1ccccc1C(=O)NCc1ccco1)Cc1ccccc1. The minimum absolute atomic E-state index is 0.238. The maximum Gasteiger partial charge on any atom is 0.255 e. The van der Waals surface area contributed by atoms with Gasteiger partial charge >= 0.3 is 0 Å². The first kappa shape index (κ1) is 30.2. The highest BCUT2D eigenvalue weighted by molar-refractivity contribution is 5.97. The number of nitrogens with one attached hydrogen (secondary N) is 2. The molecule has 0 unspecified atom stereocenters. The molecule has 5 aromatic rings. The molecule has 2 N–H and O–H groups in total. The van der Waals surface area contributed by atoms with Gasteiger partial charge in [-0.2, -0.15) is 0 Å². The lowest BCUT2D eigenvalue weighted by atomic mass is 10.2. The van der Waals surface area contributed by atoms with E-state index < -0.39 is 0 Å². The molecular weight excluding hydrogens is 558 g/mol. The van der Waals surface area contributed by atoms with E-state index in [1.165, 1.54) is 0 Å². The van der Waals surface area contributed by atoms with E-state index in [-0.39, 0.29) is 11.8 Å². The average Bonchev–Trinajstić information content (AvgIpc) is 3.78. The van der Waals surface area contributed by atoms with Crippen molar-refractivity contribution < 1.29 is 27.9 Å². The van der Waals surface area contributed by atoms with Crippen LogP contribution in [-0.2, 0) is 19.6 Å². The molecule has 5 rings (SSSR count). The van der Waals surface area contributed by atoms with Gasteiger partial charge in [-0.1, -0.05) is 54.6 Å². The van der Waals surface area contributed by atoms with Crippen LogP contribution in [0.4, 0.5) is 0 Å². The van der Waals surface area contributed by atoms with Crippen LogP contribution in [0.25, 0.3) is 0 Å². The number of nitrogens with zero attached hydrogens (tertiary/aromatic N) is 1. The molecule has 0 aliphatic rings. The van der Waals surface area contributed by atoms with Crippen LogP contribution >= 0.6 is 0 Å². The summed E-state index contributed by atoms with van der Waals surface area (Å²) < 4.78 is 22.8. The van der Waals surface area contributed by atoms with E-state index in [1.807, 2.05) is 54.6 Å².